The molecule has 0 aliphatic rings. The van der Waals surface area contributed by atoms with Gasteiger partial charge >= 0.3 is 0 Å². The summed E-state index contributed by atoms with van der Waals surface area (Å²) in [6.07, 6.45) is 4.25. The highest BCUT2D eigenvalue weighted by Crippen LogP contribution is 2.14. The predicted octanol–water partition coefficient (Wildman–Crippen LogP) is 0.809. The van der Waals surface area contributed by atoms with Crippen molar-refractivity contribution in [2.45, 2.75) is 6.54 Å². The molecule has 2 N–H and O–H groups in total. The number of nitrogens with zero attached hydrogens (tertiary/aromatic N) is 1. The van der Waals surface area contributed by atoms with E-state index in [0.717, 1.165) is 16.6 Å². The molecule has 2 aromatic rings. The molecule has 0 unspecified atom stereocenters. The van der Waals surface area contributed by atoms with Crippen LogP contribution in [0.4, 0.5) is 0 Å². The van der Waals surface area contributed by atoms with Crippen LogP contribution in [0.15, 0.2) is 24.5 Å². The maximum Gasteiger partial charge on any atom is 0.207 e. The molecule has 0 atom stereocenters. The Balaban J connectivity index is 2.42. The van der Waals surface area contributed by atoms with Gasteiger partial charge in [0.15, 0.2) is 0 Å². The third-order valence-corrected chi connectivity index (χ3v) is 1.93. The van der Waals surface area contributed by atoms with E-state index in [9.17, 15) is 4.79 Å². The second-order valence-corrected chi connectivity index (χ2v) is 2.71. The predicted molar refractivity (Wildman–Crippen MR) is 49.0 cm³/mol. The van der Waals surface area contributed by atoms with Crippen molar-refractivity contribution < 1.29 is 4.79 Å². The van der Waals surface area contributed by atoms with E-state index < -0.39 is 0 Å². The number of rotatable bonds is 3. The van der Waals surface area contributed by atoms with Crippen molar-refractivity contribution in [2.75, 3.05) is 0 Å². The van der Waals surface area contributed by atoms with Gasteiger partial charge in [0.25, 0.3) is 0 Å². The molecule has 66 valence electrons. The van der Waals surface area contributed by atoms with E-state index in [2.05, 4.69) is 15.3 Å². The molecule has 4 heteroatoms. The summed E-state index contributed by atoms with van der Waals surface area (Å²) >= 11 is 0. The van der Waals surface area contributed by atoms with Crippen LogP contribution < -0.4 is 5.32 Å². The molecular formula is C9H9N3O. The molecule has 2 heterocycles. The Morgan fingerprint density at radius 2 is 2.46 bits per heavy atom. The number of pyridine rings is 1. The van der Waals surface area contributed by atoms with Crippen LogP contribution in [-0.2, 0) is 11.3 Å². The van der Waals surface area contributed by atoms with Crippen LogP contribution in [0.2, 0.25) is 0 Å². The highest BCUT2D eigenvalue weighted by molar-refractivity contribution is 5.79. The van der Waals surface area contributed by atoms with Crippen LogP contribution in [0, 0.1) is 0 Å². The van der Waals surface area contributed by atoms with Crippen LogP contribution in [-0.4, -0.2) is 16.4 Å². The quantitative estimate of drug-likeness (QED) is 0.678. The third-order valence-electron chi connectivity index (χ3n) is 1.93. The number of hydrogen-bond acceptors (Lipinski definition) is 2. The minimum Gasteiger partial charge on any atom is -0.355 e. The fourth-order valence-corrected chi connectivity index (χ4v) is 1.32. The van der Waals surface area contributed by atoms with Gasteiger partial charge in [0.1, 0.15) is 5.65 Å². The van der Waals surface area contributed by atoms with Gasteiger partial charge in [-0.2, -0.15) is 0 Å². The summed E-state index contributed by atoms with van der Waals surface area (Å²) in [5, 5.41) is 3.68. The van der Waals surface area contributed by atoms with E-state index in [4.69, 9.17) is 0 Å². The van der Waals surface area contributed by atoms with E-state index in [0.29, 0.717) is 13.0 Å². The third kappa shape index (κ3) is 1.38. The van der Waals surface area contributed by atoms with E-state index >= 15 is 0 Å². The normalized spacial score (nSPS) is 10.2. The molecule has 0 fully saturated rings. The van der Waals surface area contributed by atoms with Gasteiger partial charge in [-0.3, -0.25) is 4.79 Å². The number of amides is 1. The minimum atomic E-state index is 0.542. The smallest absolute Gasteiger partial charge is 0.207 e. The summed E-state index contributed by atoms with van der Waals surface area (Å²) in [7, 11) is 0. The van der Waals surface area contributed by atoms with Crippen LogP contribution in [0.3, 0.4) is 0 Å². The maximum atomic E-state index is 10.1. The lowest BCUT2D eigenvalue weighted by Crippen LogP contribution is -2.09. The lowest BCUT2D eigenvalue weighted by molar-refractivity contribution is -0.109. The van der Waals surface area contributed by atoms with Gasteiger partial charge in [-0.05, 0) is 17.7 Å². The zero-order valence-electron chi connectivity index (χ0n) is 6.95. The largest absolute Gasteiger partial charge is 0.355 e. The summed E-state index contributed by atoms with van der Waals surface area (Å²) in [6.45, 7) is 0.542. The second-order valence-electron chi connectivity index (χ2n) is 2.71. The molecule has 0 saturated carbocycles. The molecule has 0 radical (unpaired) electrons. The fraction of sp³-hybridized carbons (Fsp3) is 0.111. The number of hydrogen-bond donors (Lipinski definition) is 2. The van der Waals surface area contributed by atoms with Gasteiger partial charge in [-0.1, -0.05) is 0 Å². The highest BCUT2D eigenvalue weighted by Gasteiger charge is 2.00. The number of carbonyl (C=O) groups is 1. The first-order chi connectivity index (χ1) is 6.42. The van der Waals surface area contributed by atoms with Crippen molar-refractivity contribution in [1.29, 1.82) is 0 Å². The van der Waals surface area contributed by atoms with Gasteiger partial charge in [-0.25, -0.2) is 4.98 Å². The number of aromatic amines is 1. The topological polar surface area (TPSA) is 57.8 Å². The van der Waals surface area contributed by atoms with Crippen LogP contribution in [0.25, 0.3) is 11.0 Å². The van der Waals surface area contributed by atoms with E-state index in [1.54, 1.807) is 6.20 Å². The number of H-pyrrole nitrogens is 1. The molecule has 0 aliphatic heterocycles. The summed E-state index contributed by atoms with van der Waals surface area (Å²) in [5.74, 6) is 0. The van der Waals surface area contributed by atoms with Crippen LogP contribution in [0.5, 0.6) is 0 Å². The highest BCUT2D eigenvalue weighted by atomic mass is 16.1. The van der Waals surface area contributed by atoms with Gasteiger partial charge in [-0.15, -0.1) is 0 Å². The molecule has 2 rings (SSSR count). The summed E-state index contributed by atoms with van der Waals surface area (Å²) in [5.41, 5.74) is 1.92. The monoisotopic (exact) mass is 175 g/mol. The lowest BCUT2D eigenvalue weighted by Gasteiger charge is -2.00. The summed E-state index contributed by atoms with van der Waals surface area (Å²) in [4.78, 5) is 17.3. The molecule has 13 heavy (non-hydrogen) atoms. The summed E-state index contributed by atoms with van der Waals surface area (Å²) in [6, 6.07) is 3.84. The summed E-state index contributed by atoms with van der Waals surface area (Å²) < 4.78 is 0. The van der Waals surface area contributed by atoms with E-state index in [1.165, 1.54) is 0 Å². The number of nitrogens with one attached hydrogen (secondary N) is 2. The molecule has 4 nitrogen and oxygen atoms in total. The maximum absolute atomic E-state index is 10.1. The van der Waals surface area contributed by atoms with Gasteiger partial charge in [0.05, 0.1) is 0 Å². The lowest BCUT2D eigenvalue weighted by atomic mass is 10.2. The van der Waals surface area contributed by atoms with Crippen molar-refractivity contribution >= 4 is 17.4 Å². The SMILES string of the molecule is O=CNCc1ccnc2[nH]ccc12. The Labute approximate surface area is 75.0 Å². The molecule has 1 amide bonds. The Hall–Kier alpha value is -1.84. The minimum absolute atomic E-state index is 0.542. The van der Waals surface area contributed by atoms with Gasteiger partial charge in [0, 0.05) is 24.3 Å². The molecule has 0 spiro atoms. The molecular weight excluding hydrogens is 166 g/mol. The molecule has 0 saturated heterocycles. The van der Waals surface area contributed by atoms with Gasteiger partial charge in [0.2, 0.25) is 6.41 Å². The zero-order chi connectivity index (χ0) is 9.10. The van der Waals surface area contributed by atoms with Crippen molar-refractivity contribution in [3.8, 4) is 0 Å². The number of carbonyl (C=O) groups excluding carboxylic acids is 1. The van der Waals surface area contributed by atoms with Crippen molar-refractivity contribution in [2.24, 2.45) is 0 Å². The van der Waals surface area contributed by atoms with Crippen LogP contribution in [0.1, 0.15) is 5.56 Å². The van der Waals surface area contributed by atoms with Crippen molar-refractivity contribution in [3.05, 3.63) is 30.1 Å². The Morgan fingerprint density at radius 3 is 3.31 bits per heavy atom. The zero-order valence-corrected chi connectivity index (χ0v) is 6.95. The molecule has 0 aliphatic carbocycles. The van der Waals surface area contributed by atoms with E-state index in [1.807, 2.05) is 18.3 Å². The Morgan fingerprint density at radius 1 is 1.54 bits per heavy atom. The molecule has 0 bridgehead atoms. The average molecular weight is 175 g/mol. The molecule has 2 aromatic heterocycles. The van der Waals surface area contributed by atoms with Crippen molar-refractivity contribution in [1.82, 2.24) is 15.3 Å². The first-order valence-electron chi connectivity index (χ1n) is 4.00. The number of aromatic nitrogens is 2. The second kappa shape index (κ2) is 3.26. The standard InChI is InChI=1S/C9H9N3O/c13-6-10-5-7-1-3-11-9-8(7)2-4-12-9/h1-4,6H,5H2,(H,10,13)(H,11,12). The first kappa shape index (κ1) is 7.79. The van der Waals surface area contributed by atoms with Crippen molar-refractivity contribution in [3.63, 3.8) is 0 Å². The first-order valence-corrected chi connectivity index (χ1v) is 4.00. The van der Waals surface area contributed by atoms with Crippen LogP contribution >= 0.6 is 0 Å². The Kier molecular flexibility index (Phi) is 1.96. The fourth-order valence-electron chi connectivity index (χ4n) is 1.32. The Bertz CT molecular complexity index is 421. The average Bonchev–Trinajstić information content (AvgIpc) is 2.62. The number of fused-ring (bicyclic) bond motifs is 1. The molecule has 0 aromatic carbocycles. The van der Waals surface area contributed by atoms with Gasteiger partial charge < -0.3 is 10.3 Å². The van der Waals surface area contributed by atoms with E-state index in [-0.39, 0.29) is 0 Å².